The molecule has 1 rings (SSSR count). The highest BCUT2D eigenvalue weighted by Crippen LogP contribution is 2.37. The van der Waals surface area contributed by atoms with Gasteiger partial charge in [-0.05, 0) is 12.8 Å². The lowest BCUT2D eigenvalue weighted by Gasteiger charge is -2.25. The van der Waals surface area contributed by atoms with E-state index in [1.165, 1.54) is 0 Å². The van der Waals surface area contributed by atoms with Crippen LogP contribution in [-0.2, 0) is 4.79 Å². The van der Waals surface area contributed by atoms with E-state index >= 15 is 0 Å². The molecule has 1 amide bonds. The number of nitrogens with two attached hydrogens (primary N) is 1. The van der Waals surface area contributed by atoms with Gasteiger partial charge >= 0.3 is 0 Å². The van der Waals surface area contributed by atoms with E-state index in [2.05, 4.69) is 11.9 Å². The predicted octanol–water partition coefficient (Wildman–Crippen LogP) is 1.54. The van der Waals surface area contributed by atoms with Crippen molar-refractivity contribution in [2.75, 3.05) is 24.6 Å². The zero-order chi connectivity index (χ0) is 11.9. The highest BCUT2D eigenvalue weighted by molar-refractivity contribution is 7.99. The molecule has 4 heteroatoms. The highest BCUT2D eigenvalue weighted by Gasteiger charge is 2.39. The molecular formula is C12H22N2OS. The Balaban J connectivity index is 2.25. The van der Waals surface area contributed by atoms with Crippen molar-refractivity contribution in [3.05, 3.63) is 12.7 Å². The minimum Gasteiger partial charge on any atom is -0.355 e. The van der Waals surface area contributed by atoms with Gasteiger partial charge in [0.05, 0.1) is 5.41 Å². The summed E-state index contributed by atoms with van der Waals surface area (Å²) in [6, 6.07) is 0. The number of hydrogen-bond donors (Lipinski definition) is 2. The van der Waals surface area contributed by atoms with Crippen LogP contribution in [0.5, 0.6) is 0 Å². The standard InChI is InChI=1S/C12H22N2OS/c1-2-8-16-9-7-14-11(15)12(10-13)5-3-4-6-12/h2H,1,3-10,13H2,(H,14,15). The number of amides is 1. The van der Waals surface area contributed by atoms with Crippen LogP contribution in [0, 0.1) is 5.41 Å². The zero-order valence-electron chi connectivity index (χ0n) is 9.84. The first-order valence-electron chi connectivity index (χ1n) is 5.92. The molecule has 3 nitrogen and oxygen atoms in total. The fourth-order valence-corrected chi connectivity index (χ4v) is 2.75. The quantitative estimate of drug-likeness (QED) is 0.526. The van der Waals surface area contributed by atoms with Gasteiger partial charge in [0.2, 0.25) is 5.91 Å². The van der Waals surface area contributed by atoms with Crippen LogP contribution in [0.4, 0.5) is 0 Å². The van der Waals surface area contributed by atoms with Gasteiger partial charge in [-0.3, -0.25) is 4.79 Å². The van der Waals surface area contributed by atoms with Gasteiger partial charge in [-0.25, -0.2) is 0 Å². The molecule has 92 valence electrons. The summed E-state index contributed by atoms with van der Waals surface area (Å²) in [5.74, 6) is 2.04. The molecular weight excluding hydrogens is 220 g/mol. The van der Waals surface area contributed by atoms with Gasteiger partial charge < -0.3 is 11.1 Å². The van der Waals surface area contributed by atoms with Gasteiger partial charge in [0.15, 0.2) is 0 Å². The van der Waals surface area contributed by atoms with E-state index in [-0.39, 0.29) is 11.3 Å². The third kappa shape index (κ3) is 3.52. The first kappa shape index (κ1) is 13.6. The monoisotopic (exact) mass is 242 g/mol. The van der Waals surface area contributed by atoms with Gasteiger partial charge in [-0.2, -0.15) is 11.8 Å². The summed E-state index contributed by atoms with van der Waals surface area (Å²) in [6.45, 7) is 4.88. The number of thioether (sulfide) groups is 1. The molecule has 1 fully saturated rings. The molecule has 0 unspecified atom stereocenters. The molecule has 0 saturated heterocycles. The van der Waals surface area contributed by atoms with E-state index in [1.54, 1.807) is 11.8 Å². The molecule has 1 aliphatic rings. The summed E-state index contributed by atoms with van der Waals surface area (Å²) in [6.07, 6.45) is 6.06. The second kappa shape index (κ2) is 6.97. The second-order valence-corrected chi connectivity index (χ2v) is 5.46. The Kier molecular flexibility index (Phi) is 5.91. The van der Waals surface area contributed by atoms with E-state index in [0.717, 1.165) is 43.7 Å². The van der Waals surface area contributed by atoms with Crippen LogP contribution in [0.1, 0.15) is 25.7 Å². The van der Waals surface area contributed by atoms with Crippen LogP contribution in [0.15, 0.2) is 12.7 Å². The van der Waals surface area contributed by atoms with Gasteiger partial charge in [-0.1, -0.05) is 18.9 Å². The van der Waals surface area contributed by atoms with Crippen LogP contribution in [0.25, 0.3) is 0 Å². The van der Waals surface area contributed by atoms with Crippen LogP contribution in [0.2, 0.25) is 0 Å². The lowest BCUT2D eigenvalue weighted by Crippen LogP contribution is -2.44. The SMILES string of the molecule is C=CCSCCNC(=O)C1(CN)CCCC1. The normalized spacial score (nSPS) is 18.3. The maximum atomic E-state index is 12.0. The van der Waals surface area contributed by atoms with Crippen LogP contribution >= 0.6 is 11.8 Å². The summed E-state index contributed by atoms with van der Waals surface area (Å²) in [5, 5.41) is 3.00. The molecule has 0 spiro atoms. The molecule has 0 aromatic carbocycles. The Labute approximate surface area is 102 Å². The van der Waals surface area contributed by atoms with Gasteiger partial charge in [0.25, 0.3) is 0 Å². The molecule has 3 N–H and O–H groups in total. The van der Waals surface area contributed by atoms with Crippen molar-refractivity contribution < 1.29 is 4.79 Å². The van der Waals surface area contributed by atoms with Crippen molar-refractivity contribution in [1.29, 1.82) is 0 Å². The van der Waals surface area contributed by atoms with Crippen molar-refractivity contribution in [3.63, 3.8) is 0 Å². The topological polar surface area (TPSA) is 55.1 Å². The molecule has 0 radical (unpaired) electrons. The number of rotatable bonds is 7. The van der Waals surface area contributed by atoms with Gasteiger partial charge in [-0.15, -0.1) is 6.58 Å². The lowest BCUT2D eigenvalue weighted by atomic mass is 9.85. The fourth-order valence-electron chi connectivity index (χ4n) is 2.17. The minimum absolute atomic E-state index is 0.159. The Morgan fingerprint density at radius 2 is 2.19 bits per heavy atom. The average molecular weight is 242 g/mol. The molecule has 0 heterocycles. The smallest absolute Gasteiger partial charge is 0.227 e. The summed E-state index contributed by atoms with van der Waals surface area (Å²) in [7, 11) is 0. The Hall–Kier alpha value is -0.480. The Morgan fingerprint density at radius 1 is 1.50 bits per heavy atom. The number of hydrogen-bond acceptors (Lipinski definition) is 3. The Bertz CT molecular complexity index is 237. The fraction of sp³-hybridized carbons (Fsp3) is 0.750. The molecule has 1 saturated carbocycles. The van der Waals surface area contributed by atoms with Crippen molar-refractivity contribution >= 4 is 17.7 Å². The second-order valence-electron chi connectivity index (χ2n) is 4.31. The predicted molar refractivity (Wildman–Crippen MR) is 70.5 cm³/mol. The summed E-state index contributed by atoms with van der Waals surface area (Å²) in [4.78, 5) is 12.0. The van der Waals surface area contributed by atoms with Crippen LogP contribution in [-0.4, -0.2) is 30.5 Å². The molecule has 1 aliphatic carbocycles. The molecule has 0 aromatic heterocycles. The first-order valence-corrected chi connectivity index (χ1v) is 7.08. The average Bonchev–Trinajstić information content (AvgIpc) is 2.78. The maximum absolute atomic E-state index is 12.0. The molecule has 0 bridgehead atoms. The Morgan fingerprint density at radius 3 is 2.75 bits per heavy atom. The lowest BCUT2D eigenvalue weighted by molar-refractivity contribution is -0.130. The number of carbonyl (C=O) groups excluding carboxylic acids is 1. The number of nitrogens with one attached hydrogen (secondary N) is 1. The van der Waals surface area contributed by atoms with Crippen molar-refractivity contribution in [2.24, 2.45) is 11.1 Å². The van der Waals surface area contributed by atoms with Crippen molar-refractivity contribution in [3.8, 4) is 0 Å². The molecule has 16 heavy (non-hydrogen) atoms. The largest absolute Gasteiger partial charge is 0.355 e. The summed E-state index contributed by atoms with van der Waals surface area (Å²) >= 11 is 1.78. The molecule has 0 aliphatic heterocycles. The third-order valence-corrected chi connectivity index (χ3v) is 4.16. The van der Waals surface area contributed by atoms with E-state index in [0.29, 0.717) is 6.54 Å². The minimum atomic E-state index is -0.261. The van der Waals surface area contributed by atoms with Crippen molar-refractivity contribution in [1.82, 2.24) is 5.32 Å². The summed E-state index contributed by atoms with van der Waals surface area (Å²) < 4.78 is 0. The highest BCUT2D eigenvalue weighted by atomic mass is 32.2. The van der Waals surface area contributed by atoms with Crippen LogP contribution < -0.4 is 11.1 Å². The molecule has 0 aromatic rings. The van der Waals surface area contributed by atoms with E-state index in [9.17, 15) is 4.79 Å². The zero-order valence-corrected chi connectivity index (χ0v) is 10.7. The van der Waals surface area contributed by atoms with E-state index < -0.39 is 0 Å². The van der Waals surface area contributed by atoms with Gasteiger partial charge in [0.1, 0.15) is 0 Å². The molecule has 0 atom stereocenters. The van der Waals surface area contributed by atoms with Crippen LogP contribution in [0.3, 0.4) is 0 Å². The van der Waals surface area contributed by atoms with Crippen molar-refractivity contribution in [2.45, 2.75) is 25.7 Å². The van der Waals surface area contributed by atoms with E-state index in [4.69, 9.17) is 5.73 Å². The summed E-state index contributed by atoms with van der Waals surface area (Å²) in [5.41, 5.74) is 5.48. The number of carbonyl (C=O) groups is 1. The van der Waals surface area contributed by atoms with E-state index in [1.807, 2.05) is 6.08 Å². The van der Waals surface area contributed by atoms with Gasteiger partial charge in [0, 0.05) is 24.6 Å². The maximum Gasteiger partial charge on any atom is 0.227 e. The first-order chi connectivity index (χ1) is 7.75. The third-order valence-electron chi connectivity index (χ3n) is 3.20.